The summed E-state index contributed by atoms with van der Waals surface area (Å²) in [6.45, 7) is 7.76. The van der Waals surface area contributed by atoms with Gasteiger partial charge in [-0.25, -0.2) is 29.1 Å². The maximum Gasteiger partial charge on any atom is 0.326 e. The van der Waals surface area contributed by atoms with Crippen molar-refractivity contribution in [2.45, 2.75) is 27.9 Å². The highest BCUT2D eigenvalue weighted by atomic mass is 19.1. The third-order valence-electron chi connectivity index (χ3n) is 10.4. The summed E-state index contributed by atoms with van der Waals surface area (Å²) in [7, 11) is 0. The molecule has 66 heavy (non-hydrogen) atoms. The number of phenolic OH excluding ortho intramolecular Hbond substituents is 2. The van der Waals surface area contributed by atoms with Gasteiger partial charge in [-0.1, -0.05) is 27.0 Å². The zero-order chi connectivity index (χ0) is 44.4. The van der Waals surface area contributed by atoms with Gasteiger partial charge in [0.2, 0.25) is 11.9 Å². The molecule has 0 aliphatic carbocycles. The van der Waals surface area contributed by atoms with E-state index in [9.17, 15) is 29.0 Å². The Morgan fingerprint density at radius 2 is 1.11 bits per heavy atom. The van der Waals surface area contributed by atoms with Gasteiger partial charge in [-0.3, -0.25) is 24.9 Å². The van der Waals surface area contributed by atoms with Gasteiger partial charge in [0.15, 0.2) is 11.5 Å². The highest BCUT2D eigenvalue weighted by molar-refractivity contribution is 6.06. The molecule has 8 N–H and O–H groups in total. The minimum Gasteiger partial charge on any atom is -0.504 e. The summed E-state index contributed by atoms with van der Waals surface area (Å²) < 4.78 is 13.7. The van der Waals surface area contributed by atoms with Crippen LogP contribution in [0.25, 0.3) is 0 Å². The smallest absolute Gasteiger partial charge is 0.326 e. The van der Waals surface area contributed by atoms with Crippen LogP contribution in [0.2, 0.25) is 0 Å². The van der Waals surface area contributed by atoms with Gasteiger partial charge in [0.1, 0.15) is 17.2 Å². The summed E-state index contributed by atoms with van der Waals surface area (Å²) in [4.78, 5) is 69.2. The number of aromatic hydroxyl groups is 2. The predicted octanol–water partition coefficient (Wildman–Crippen LogP) is 5.05. The number of phenols is 2. The van der Waals surface area contributed by atoms with Gasteiger partial charge in [-0.05, 0) is 59.7 Å². The average molecular weight is 902 g/mol. The molecule has 2 fully saturated rings. The summed E-state index contributed by atoms with van der Waals surface area (Å²) in [5, 5.41) is 36.6. The number of urea groups is 1. The van der Waals surface area contributed by atoms with E-state index in [-0.39, 0.29) is 55.3 Å². The van der Waals surface area contributed by atoms with Crippen molar-refractivity contribution in [3.05, 3.63) is 126 Å². The summed E-state index contributed by atoms with van der Waals surface area (Å²) in [5.74, 6) is -1.40. The Morgan fingerprint density at radius 3 is 1.65 bits per heavy atom. The quantitative estimate of drug-likeness (QED) is 0.0884. The lowest BCUT2D eigenvalue weighted by Gasteiger charge is -2.30. The predicted molar refractivity (Wildman–Crippen MR) is 251 cm³/mol. The second-order valence-electron chi connectivity index (χ2n) is 14.7. The highest BCUT2D eigenvalue weighted by Gasteiger charge is 2.25. The maximum atomic E-state index is 13.7. The van der Waals surface area contributed by atoms with Crippen LogP contribution < -0.4 is 46.6 Å². The molecule has 4 amide bonds. The van der Waals surface area contributed by atoms with E-state index < -0.39 is 17.8 Å². The maximum absolute atomic E-state index is 13.7. The fraction of sp³-hybridized carbons (Fsp3) is 0.267. The Labute approximate surface area is 380 Å². The Bertz CT molecular complexity index is 2610. The van der Waals surface area contributed by atoms with Crippen LogP contribution in [0.3, 0.4) is 0 Å². The Balaban J connectivity index is 0.000000212. The van der Waals surface area contributed by atoms with Crippen molar-refractivity contribution in [1.82, 2.24) is 40.5 Å². The molecule has 7 heterocycles. The molecule has 21 heteroatoms. The molecule has 3 aliphatic heterocycles. The zero-order valence-electron chi connectivity index (χ0n) is 34.3. The highest BCUT2D eigenvalue weighted by Crippen LogP contribution is 2.35. The molecule has 0 unspecified atom stereocenters. The van der Waals surface area contributed by atoms with E-state index in [1.807, 2.05) is 17.0 Å². The molecular formula is C45H52FN15O5. The van der Waals surface area contributed by atoms with Gasteiger partial charge >= 0.3 is 6.03 Å². The monoisotopic (exact) mass is 901 g/mol. The van der Waals surface area contributed by atoms with Gasteiger partial charge in [0.25, 0.3) is 11.8 Å². The van der Waals surface area contributed by atoms with Crippen molar-refractivity contribution in [3.63, 3.8) is 0 Å². The molecule has 0 saturated carbocycles. The number of rotatable bonds is 9. The van der Waals surface area contributed by atoms with Gasteiger partial charge in [0.05, 0.1) is 40.8 Å². The minimum absolute atomic E-state index is 0. The number of anilines is 7. The van der Waals surface area contributed by atoms with Crippen LogP contribution in [0, 0.1) is 5.82 Å². The second-order valence-corrected chi connectivity index (χ2v) is 14.7. The Kier molecular flexibility index (Phi) is 15.8. The lowest BCUT2D eigenvalue weighted by atomic mass is 10.1. The van der Waals surface area contributed by atoms with Gasteiger partial charge < -0.3 is 51.5 Å². The number of carbonyl (C=O) groups excluding carboxylic acids is 3. The van der Waals surface area contributed by atoms with E-state index in [0.29, 0.717) is 30.4 Å². The van der Waals surface area contributed by atoms with Crippen LogP contribution >= 0.6 is 0 Å². The zero-order valence-corrected chi connectivity index (χ0v) is 34.3. The van der Waals surface area contributed by atoms with E-state index >= 15 is 0 Å². The SMILES string of the molecule is C.C.O=C(Nc1cnccc1N1CCNCC1)c1ccnc(N2Cc3cc(O)c(O)cc3C2)n1.O=C(Nc1nccc(C(=O)Nc2cnccc2N2CCNCC2)n1)Nc1ccccc1F. The Hall–Kier alpha value is -8.04. The molecule has 2 saturated heterocycles. The van der Waals surface area contributed by atoms with Crippen molar-refractivity contribution in [2.75, 3.05) is 88.3 Å². The number of nitrogens with one attached hydrogen (secondary N) is 6. The first kappa shape index (κ1) is 47.4. The van der Waals surface area contributed by atoms with E-state index in [1.165, 1.54) is 30.5 Å². The lowest BCUT2D eigenvalue weighted by Crippen LogP contribution is -2.43. The molecule has 9 rings (SSSR count). The molecule has 0 bridgehead atoms. The van der Waals surface area contributed by atoms with E-state index in [2.05, 4.69) is 71.6 Å². The van der Waals surface area contributed by atoms with Crippen molar-refractivity contribution < 1.29 is 29.0 Å². The number of hydrogen-bond acceptors (Lipinski definition) is 16. The third-order valence-corrected chi connectivity index (χ3v) is 10.4. The van der Waals surface area contributed by atoms with Crippen molar-refractivity contribution in [2.24, 2.45) is 0 Å². The molecule has 0 spiro atoms. The summed E-state index contributed by atoms with van der Waals surface area (Å²) >= 11 is 0. The number of hydrogen-bond donors (Lipinski definition) is 8. The third kappa shape index (κ3) is 11.6. The number of halogens is 1. The lowest BCUT2D eigenvalue weighted by molar-refractivity contribution is 0.101. The molecule has 344 valence electrons. The van der Waals surface area contributed by atoms with Crippen LogP contribution in [-0.2, 0) is 13.1 Å². The van der Waals surface area contributed by atoms with E-state index in [1.54, 1.807) is 55.2 Å². The first-order valence-corrected chi connectivity index (χ1v) is 20.4. The molecule has 6 aromatic rings. The number of nitrogens with zero attached hydrogens (tertiary/aromatic N) is 9. The number of fused-ring (bicyclic) bond motifs is 1. The number of piperazine rings is 2. The molecule has 3 aliphatic rings. The van der Waals surface area contributed by atoms with Crippen LogP contribution in [0.5, 0.6) is 11.5 Å². The number of benzene rings is 2. The van der Waals surface area contributed by atoms with Crippen LogP contribution in [-0.4, -0.2) is 110 Å². The average Bonchev–Trinajstić information content (AvgIpc) is 3.73. The van der Waals surface area contributed by atoms with Crippen LogP contribution in [0.1, 0.15) is 47.0 Å². The molecule has 20 nitrogen and oxygen atoms in total. The summed E-state index contributed by atoms with van der Waals surface area (Å²) in [6, 6.07) is 14.8. The molecular weight excluding hydrogens is 850 g/mol. The van der Waals surface area contributed by atoms with Gasteiger partial charge in [0, 0.05) is 90.2 Å². The summed E-state index contributed by atoms with van der Waals surface area (Å²) in [5.41, 5.74) is 5.07. The van der Waals surface area contributed by atoms with E-state index in [0.717, 1.165) is 74.9 Å². The molecule has 2 aromatic carbocycles. The minimum atomic E-state index is -0.735. The van der Waals surface area contributed by atoms with Crippen molar-refractivity contribution >= 4 is 58.2 Å². The standard InChI is InChI=1S/C22H23N7O3.C21H21FN8O2.2CH4/c30-19-9-14-12-29(13-15(14)10-20(19)31)22-25-4-1-16(27-22)21(32)26-17-11-24-3-2-18(17)28-7-5-23-6-8-28;22-14-3-1-2-4-15(14)28-21(32)29-20-25-8-5-16(27-20)19(31)26-17-13-24-7-6-18(17)30-11-9-23-10-12-30;;/h1-4,9-11,23,30-31H,5-8,12-13H2,(H,26,32);1-8,13,23H,9-12H2,(H,26,31)(H2,25,27,28,29,32);2*1H4. The number of amides is 4. The topological polar surface area (TPSA) is 251 Å². The fourth-order valence-corrected chi connectivity index (χ4v) is 7.26. The van der Waals surface area contributed by atoms with Crippen LogP contribution in [0.15, 0.2) is 97.8 Å². The van der Waals surface area contributed by atoms with E-state index in [4.69, 9.17) is 0 Å². The molecule has 0 radical (unpaired) electrons. The molecule has 4 aromatic heterocycles. The van der Waals surface area contributed by atoms with Crippen molar-refractivity contribution in [3.8, 4) is 11.5 Å². The van der Waals surface area contributed by atoms with Gasteiger partial charge in [-0.2, -0.15) is 0 Å². The van der Waals surface area contributed by atoms with Crippen molar-refractivity contribution in [1.29, 1.82) is 0 Å². The first-order valence-electron chi connectivity index (χ1n) is 20.4. The summed E-state index contributed by atoms with van der Waals surface area (Å²) in [6.07, 6.45) is 9.52. The Morgan fingerprint density at radius 1 is 0.591 bits per heavy atom. The fourth-order valence-electron chi connectivity index (χ4n) is 7.26. The largest absolute Gasteiger partial charge is 0.504 e. The number of pyridine rings is 2. The number of carbonyl (C=O) groups is 3. The normalized spacial score (nSPS) is 14.0. The molecule has 0 atom stereocenters. The van der Waals surface area contributed by atoms with Gasteiger partial charge in [-0.15, -0.1) is 0 Å². The second kappa shape index (κ2) is 22.0. The van der Waals surface area contributed by atoms with Crippen LogP contribution in [0.4, 0.5) is 49.5 Å². The number of aromatic nitrogens is 6. The number of para-hydroxylation sites is 1. The first-order chi connectivity index (χ1) is 31.2.